The first-order chi connectivity index (χ1) is 6.11. The van der Waals surface area contributed by atoms with E-state index >= 15 is 0 Å². The summed E-state index contributed by atoms with van der Waals surface area (Å²) in [5.41, 5.74) is 5.05. The van der Waals surface area contributed by atoms with Gasteiger partial charge in [0.2, 0.25) is 11.8 Å². The lowest BCUT2D eigenvalue weighted by Crippen LogP contribution is -2.45. The van der Waals surface area contributed by atoms with Crippen molar-refractivity contribution in [3.05, 3.63) is 0 Å². The Bertz CT molecular complexity index is 211. The molecule has 1 aliphatic heterocycles. The number of primary amides is 1. The minimum absolute atomic E-state index is 0.0294. The van der Waals surface area contributed by atoms with Gasteiger partial charge in [0, 0.05) is 19.5 Å². The Morgan fingerprint density at radius 2 is 2.31 bits per heavy atom. The Balaban J connectivity index is 2.55. The van der Waals surface area contributed by atoms with E-state index in [0.29, 0.717) is 0 Å². The molecule has 1 unspecified atom stereocenters. The van der Waals surface area contributed by atoms with Gasteiger partial charge in [-0.2, -0.15) is 0 Å². The summed E-state index contributed by atoms with van der Waals surface area (Å²) >= 11 is 0. The number of nitrogens with zero attached hydrogens (tertiary/aromatic N) is 1. The lowest BCUT2D eigenvalue weighted by atomic mass is 10.2. The van der Waals surface area contributed by atoms with Crippen LogP contribution in [-0.2, 0) is 9.59 Å². The highest BCUT2D eigenvalue weighted by molar-refractivity contribution is 5.82. The van der Waals surface area contributed by atoms with E-state index in [4.69, 9.17) is 5.73 Å². The van der Waals surface area contributed by atoms with Crippen molar-refractivity contribution in [2.24, 2.45) is 5.73 Å². The van der Waals surface area contributed by atoms with Gasteiger partial charge >= 0.3 is 0 Å². The molecule has 0 aromatic carbocycles. The summed E-state index contributed by atoms with van der Waals surface area (Å²) in [7, 11) is 0. The SMILES string of the molecule is CC(=O)N(CC(N)=O)C1CCNC1. The van der Waals surface area contributed by atoms with Crippen LogP contribution in [0.1, 0.15) is 13.3 Å². The van der Waals surface area contributed by atoms with Crippen molar-refractivity contribution in [3.63, 3.8) is 0 Å². The number of carbonyl (C=O) groups is 2. The van der Waals surface area contributed by atoms with E-state index < -0.39 is 5.91 Å². The van der Waals surface area contributed by atoms with E-state index in [-0.39, 0.29) is 18.5 Å². The van der Waals surface area contributed by atoms with Crippen LogP contribution in [0.4, 0.5) is 0 Å². The Kier molecular flexibility index (Phi) is 3.25. The van der Waals surface area contributed by atoms with Crippen molar-refractivity contribution in [1.29, 1.82) is 0 Å². The number of hydrogen-bond donors (Lipinski definition) is 2. The Hall–Kier alpha value is -1.10. The molecule has 3 N–H and O–H groups in total. The number of hydrogen-bond acceptors (Lipinski definition) is 3. The van der Waals surface area contributed by atoms with Crippen LogP contribution in [0.25, 0.3) is 0 Å². The number of amides is 2. The van der Waals surface area contributed by atoms with Gasteiger partial charge in [-0.05, 0) is 13.0 Å². The molecule has 1 saturated heterocycles. The van der Waals surface area contributed by atoms with Gasteiger partial charge in [0.25, 0.3) is 0 Å². The van der Waals surface area contributed by atoms with E-state index in [1.807, 2.05) is 0 Å². The molecule has 0 aromatic rings. The van der Waals surface area contributed by atoms with Gasteiger partial charge in [0.1, 0.15) is 0 Å². The van der Waals surface area contributed by atoms with Crippen molar-refractivity contribution in [2.75, 3.05) is 19.6 Å². The van der Waals surface area contributed by atoms with Crippen LogP contribution in [0, 0.1) is 0 Å². The van der Waals surface area contributed by atoms with Crippen LogP contribution in [0.2, 0.25) is 0 Å². The Morgan fingerprint density at radius 1 is 1.62 bits per heavy atom. The summed E-state index contributed by atoms with van der Waals surface area (Å²) in [4.78, 5) is 23.4. The minimum atomic E-state index is -0.456. The highest BCUT2D eigenvalue weighted by Gasteiger charge is 2.25. The number of carbonyl (C=O) groups excluding carboxylic acids is 2. The maximum absolute atomic E-state index is 11.2. The average Bonchev–Trinajstić information content (AvgIpc) is 2.50. The third-order valence-electron chi connectivity index (χ3n) is 2.21. The van der Waals surface area contributed by atoms with E-state index in [2.05, 4.69) is 5.32 Å². The second kappa shape index (κ2) is 4.23. The standard InChI is InChI=1S/C8H15N3O2/c1-6(12)11(5-8(9)13)7-2-3-10-4-7/h7,10H,2-5H2,1H3,(H2,9,13). The largest absolute Gasteiger partial charge is 0.368 e. The molecule has 0 bridgehead atoms. The summed E-state index contributed by atoms with van der Waals surface area (Å²) in [6.07, 6.45) is 0.896. The Morgan fingerprint density at radius 3 is 2.69 bits per heavy atom. The van der Waals surface area contributed by atoms with Crippen molar-refractivity contribution < 1.29 is 9.59 Å². The lowest BCUT2D eigenvalue weighted by molar-refractivity contribution is -0.135. The fourth-order valence-corrected chi connectivity index (χ4v) is 1.57. The maximum Gasteiger partial charge on any atom is 0.237 e. The van der Waals surface area contributed by atoms with E-state index in [9.17, 15) is 9.59 Å². The molecular formula is C8H15N3O2. The highest BCUT2D eigenvalue weighted by atomic mass is 16.2. The third-order valence-corrected chi connectivity index (χ3v) is 2.21. The molecule has 0 saturated carbocycles. The van der Waals surface area contributed by atoms with Crippen LogP contribution in [0.3, 0.4) is 0 Å². The van der Waals surface area contributed by atoms with Crippen LogP contribution in [-0.4, -0.2) is 42.4 Å². The maximum atomic E-state index is 11.2. The molecule has 1 rings (SSSR count). The summed E-state index contributed by atoms with van der Waals surface area (Å²) in [6, 6.07) is 0.130. The molecule has 0 aliphatic carbocycles. The quantitative estimate of drug-likeness (QED) is 0.572. The van der Waals surface area contributed by atoms with Gasteiger partial charge in [-0.1, -0.05) is 0 Å². The van der Waals surface area contributed by atoms with Gasteiger partial charge < -0.3 is 16.0 Å². The predicted octanol–water partition coefficient (Wildman–Crippen LogP) is -1.32. The van der Waals surface area contributed by atoms with Gasteiger partial charge in [-0.15, -0.1) is 0 Å². The number of nitrogens with two attached hydrogens (primary N) is 1. The Labute approximate surface area is 77.3 Å². The molecule has 1 aliphatic rings. The molecular weight excluding hydrogens is 170 g/mol. The second-order valence-corrected chi connectivity index (χ2v) is 3.26. The summed E-state index contributed by atoms with van der Waals surface area (Å²) in [5, 5.41) is 3.13. The first-order valence-corrected chi connectivity index (χ1v) is 4.37. The van der Waals surface area contributed by atoms with Gasteiger partial charge in [0.05, 0.1) is 6.54 Å². The fraction of sp³-hybridized carbons (Fsp3) is 0.750. The van der Waals surface area contributed by atoms with E-state index in [1.165, 1.54) is 11.8 Å². The van der Waals surface area contributed by atoms with Crippen molar-refractivity contribution in [2.45, 2.75) is 19.4 Å². The monoisotopic (exact) mass is 185 g/mol. The molecule has 74 valence electrons. The first-order valence-electron chi connectivity index (χ1n) is 4.37. The fourth-order valence-electron chi connectivity index (χ4n) is 1.57. The molecule has 5 nitrogen and oxygen atoms in total. The highest BCUT2D eigenvalue weighted by Crippen LogP contribution is 2.07. The van der Waals surface area contributed by atoms with Gasteiger partial charge in [0.15, 0.2) is 0 Å². The van der Waals surface area contributed by atoms with Gasteiger partial charge in [-0.25, -0.2) is 0 Å². The zero-order valence-electron chi connectivity index (χ0n) is 7.75. The number of rotatable bonds is 3. The van der Waals surface area contributed by atoms with E-state index in [1.54, 1.807) is 0 Å². The summed E-state index contributed by atoms with van der Waals surface area (Å²) < 4.78 is 0. The zero-order valence-corrected chi connectivity index (χ0v) is 7.75. The molecule has 0 spiro atoms. The lowest BCUT2D eigenvalue weighted by Gasteiger charge is -2.25. The minimum Gasteiger partial charge on any atom is -0.368 e. The van der Waals surface area contributed by atoms with E-state index in [0.717, 1.165) is 19.5 Å². The van der Waals surface area contributed by atoms with Crippen LogP contribution in [0.15, 0.2) is 0 Å². The normalized spacial score (nSPS) is 21.5. The zero-order chi connectivity index (χ0) is 9.84. The smallest absolute Gasteiger partial charge is 0.237 e. The second-order valence-electron chi connectivity index (χ2n) is 3.26. The first kappa shape index (κ1) is 9.98. The topological polar surface area (TPSA) is 75.4 Å². The summed E-state index contributed by atoms with van der Waals surface area (Å²) in [5.74, 6) is -0.547. The summed E-state index contributed by atoms with van der Waals surface area (Å²) in [6.45, 7) is 3.14. The third kappa shape index (κ3) is 2.69. The number of nitrogens with one attached hydrogen (secondary N) is 1. The van der Waals surface area contributed by atoms with Crippen molar-refractivity contribution in [1.82, 2.24) is 10.2 Å². The average molecular weight is 185 g/mol. The molecule has 5 heteroatoms. The van der Waals surface area contributed by atoms with Crippen molar-refractivity contribution in [3.8, 4) is 0 Å². The molecule has 0 radical (unpaired) electrons. The molecule has 1 heterocycles. The van der Waals surface area contributed by atoms with Crippen LogP contribution < -0.4 is 11.1 Å². The molecule has 13 heavy (non-hydrogen) atoms. The predicted molar refractivity (Wildman–Crippen MR) is 47.9 cm³/mol. The molecule has 2 amide bonds. The van der Waals surface area contributed by atoms with Crippen molar-refractivity contribution >= 4 is 11.8 Å². The van der Waals surface area contributed by atoms with Crippen LogP contribution >= 0.6 is 0 Å². The molecule has 1 fully saturated rings. The van der Waals surface area contributed by atoms with Crippen LogP contribution in [0.5, 0.6) is 0 Å². The molecule has 0 aromatic heterocycles. The molecule has 1 atom stereocenters. The van der Waals surface area contributed by atoms with Gasteiger partial charge in [-0.3, -0.25) is 9.59 Å².